The van der Waals surface area contributed by atoms with E-state index in [0.717, 1.165) is 31.9 Å². The van der Waals surface area contributed by atoms with Crippen LogP contribution >= 0.6 is 24.0 Å². The highest BCUT2D eigenvalue weighted by Gasteiger charge is 2.19. The van der Waals surface area contributed by atoms with Crippen molar-refractivity contribution in [2.45, 2.75) is 45.4 Å². The van der Waals surface area contributed by atoms with Crippen LogP contribution in [0.2, 0.25) is 0 Å². The van der Waals surface area contributed by atoms with E-state index in [1.165, 1.54) is 12.7 Å². The Kier molecular flexibility index (Phi) is 12.3. The van der Waals surface area contributed by atoms with E-state index >= 15 is 0 Å². The predicted octanol–water partition coefficient (Wildman–Crippen LogP) is 3.48. The Labute approximate surface area is 169 Å². The second-order valence-electron chi connectivity index (χ2n) is 6.41. The summed E-state index contributed by atoms with van der Waals surface area (Å²) in [6, 6.07) is 10.4. The van der Waals surface area contributed by atoms with Gasteiger partial charge in [0.15, 0.2) is 5.96 Å². The fourth-order valence-corrected chi connectivity index (χ4v) is 2.30. The molecule has 1 aromatic rings. The lowest BCUT2D eigenvalue weighted by Crippen LogP contribution is -2.39. The number of guanidine groups is 1. The van der Waals surface area contributed by atoms with E-state index in [1.54, 1.807) is 0 Å². The number of aliphatic imine (C=N–C) groups is 1. The molecule has 1 aromatic carbocycles. The molecule has 0 heterocycles. The number of carbonyl (C=O) groups is 1. The van der Waals surface area contributed by atoms with Crippen LogP contribution < -0.4 is 10.6 Å². The summed E-state index contributed by atoms with van der Waals surface area (Å²) in [4.78, 5) is 15.8. The highest BCUT2D eigenvalue weighted by Crippen LogP contribution is 2.22. The van der Waals surface area contributed by atoms with Gasteiger partial charge in [-0.05, 0) is 25.3 Å². The van der Waals surface area contributed by atoms with Crippen LogP contribution in [0.3, 0.4) is 0 Å². The third-order valence-electron chi connectivity index (χ3n) is 3.86. The average Bonchev–Trinajstić information content (AvgIpc) is 2.59. The first-order valence-corrected chi connectivity index (χ1v) is 8.64. The number of nitrogens with zero attached hydrogens (tertiary/aromatic N) is 1. The molecule has 0 aliphatic heterocycles. The Hall–Kier alpha value is -1.31. The monoisotopic (exact) mass is 461 g/mol. The van der Waals surface area contributed by atoms with Crippen molar-refractivity contribution in [1.29, 1.82) is 0 Å². The number of carbonyl (C=O) groups excluding carboxylic acids is 1. The van der Waals surface area contributed by atoms with Gasteiger partial charge < -0.3 is 15.4 Å². The largest absolute Gasteiger partial charge is 0.469 e. The van der Waals surface area contributed by atoms with Crippen molar-refractivity contribution in [2.75, 3.05) is 26.7 Å². The molecule has 6 heteroatoms. The second-order valence-corrected chi connectivity index (χ2v) is 6.41. The van der Waals surface area contributed by atoms with Crippen molar-refractivity contribution in [1.82, 2.24) is 10.6 Å². The van der Waals surface area contributed by atoms with Gasteiger partial charge in [0.2, 0.25) is 0 Å². The first kappa shape index (κ1) is 23.7. The molecule has 0 atom stereocenters. The summed E-state index contributed by atoms with van der Waals surface area (Å²) in [5, 5.41) is 6.59. The number of hydrogen-bond acceptors (Lipinski definition) is 3. The van der Waals surface area contributed by atoms with Gasteiger partial charge in [0, 0.05) is 24.9 Å². The molecule has 0 saturated heterocycles. The van der Waals surface area contributed by atoms with E-state index < -0.39 is 0 Å². The molecule has 0 aromatic heterocycles. The van der Waals surface area contributed by atoms with Crippen LogP contribution in [0, 0.1) is 0 Å². The lowest BCUT2D eigenvalue weighted by Gasteiger charge is -2.24. The van der Waals surface area contributed by atoms with Gasteiger partial charge in [-0.15, -0.1) is 24.0 Å². The molecule has 0 spiro atoms. The topological polar surface area (TPSA) is 62.7 Å². The fraction of sp³-hybridized carbons (Fsp3) is 0.579. The average molecular weight is 461 g/mol. The Morgan fingerprint density at radius 1 is 1.16 bits per heavy atom. The number of halogens is 1. The molecule has 5 nitrogen and oxygen atoms in total. The van der Waals surface area contributed by atoms with Gasteiger partial charge in [0.1, 0.15) is 0 Å². The number of ether oxygens (including phenoxy) is 1. The minimum absolute atomic E-state index is 0. The summed E-state index contributed by atoms with van der Waals surface area (Å²) in [5.41, 5.74) is 1.26. The van der Waals surface area contributed by atoms with Crippen molar-refractivity contribution >= 4 is 35.9 Å². The van der Waals surface area contributed by atoms with Gasteiger partial charge in [0.25, 0.3) is 0 Å². The molecule has 0 radical (unpaired) electrons. The van der Waals surface area contributed by atoms with Crippen LogP contribution in [-0.2, 0) is 14.9 Å². The Balaban J connectivity index is 0.00000576. The van der Waals surface area contributed by atoms with Gasteiger partial charge in [-0.3, -0.25) is 9.79 Å². The molecule has 0 amide bonds. The van der Waals surface area contributed by atoms with E-state index in [4.69, 9.17) is 4.99 Å². The van der Waals surface area contributed by atoms with Crippen LogP contribution in [0.15, 0.2) is 35.3 Å². The molecule has 142 valence electrons. The molecule has 1 rings (SSSR count). The lowest BCUT2D eigenvalue weighted by atomic mass is 9.85. The second kappa shape index (κ2) is 13.0. The summed E-state index contributed by atoms with van der Waals surface area (Å²) in [6.07, 6.45) is 2.18. The van der Waals surface area contributed by atoms with Crippen molar-refractivity contribution in [3.8, 4) is 0 Å². The molecule has 2 N–H and O–H groups in total. The van der Waals surface area contributed by atoms with Crippen molar-refractivity contribution in [3.05, 3.63) is 35.9 Å². The van der Waals surface area contributed by atoms with Gasteiger partial charge >= 0.3 is 5.97 Å². The standard InChI is InChI=1S/C19H31N3O2.HI/c1-5-20-18(21-14-10-9-13-17(23)24-4)22-15-19(2,3)16-11-7-6-8-12-16;/h6-8,11-12H,5,9-10,13-15H2,1-4H3,(H2,20,21,22);1H. The maximum Gasteiger partial charge on any atom is 0.305 e. The minimum Gasteiger partial charge on any atom is -0.469 e. The summed E-state index contributed by atoms with van der Waals surface area (Å²) in [7, 11) is 1.42. The van der Waals surface area contributed by atoms with E-state index in [2.05, 4.69) is 60.4 Å². The SMILES string of the molecule is CCNC(=NCC(C)(C)c1ccccc1)NCCCCC(=O)OC.I. The quantitative estimate of drug-likeness (QED) is 0.194. The Morgan fingerprint density at radius 3 is 2.44 bits per heavy atom. The number of nitrogens with one attached hydrogen (secondary N) is 2. The zero-order chi connectivity index (χ0) is 17.8. The highest BCUT2D eigenvalue weighted by atomic mass is 127. The summed E-state index contributed by atoms with van der Waals surface area (Å²) < 4.78 is 4.64. The summed E-state index contributed by atoms with van der Waals surface area (Å²) in [6.45, 7) is 8.76. The first-order valence-electron chi connectivity index (χ1n) is 8.64. The van der Waals surface area contributed by atoms with Gasteiger partial charge in [-0.25, -0.2) is 0 Å². The fourth-order valence-electron chi connectivity index (χ4n) is 2.30. The molecular formula is C19H32IN3O2. The lowest BCUT2D eigenvalue weighted by molar-refractivity contribution is -0.140. The highest BCUT2D eigenvalue weighted by molar-refractivity contribution is 14.0. The van der Waals surface area contributed by atoms with E-state index in [-0.39, 0.29) is 35.4 Å². The maximum atomic E-state index is 11.1. The summed E-state index contributed by atoms with van der Waals surface area (Å²) >= 11 is 0. The van der Waals surface area contributed by atoms with E-state index in [9.17, 15) is 4.79 Å². The van der Waals surface area contributed by atoms with Gasteiger partial charge in [-0.1, -0.05) is 44.2 Å². The van der Waals surface area contributed by atoms with Gasteiger partial charge in [-0.2, -0.15) is 0 Å². The maximum absolute atomic E-state index is 11.1. The number of benzene rings is 1. The molecule has 0 aliphatic rings. The third-order valence-corrected chi connectivity index (χ3v) is 3.86. The summed E-state index contributed by atoms with van der Waals surface area (Å²) in [5.74, 6) is 0.666. The first-order chi connectivity index (χ1) is 11.5. The zero-order valence-electron chi connectivity index (χ0n) is 15.8. The van der Waals surface area contributed by atoms with Crippen LogP contribution in [0.25, 0.3) is 0 Å². The Bertz CT molecular complexity index is 519. The normalized spacial score (nSPS) is 11.4. The van der Waals surface area contributed by atoms with E-state index in [1.807, 2.05) is 6.07 Å². The number of unbranched alkanes of at least 4 members (excludes halogenated alkanes) is 1. The zero-order valence-corrected chi connectivity index (χ0v) is 18.1. The molecule has 0 saturated carbocycles. The minimum atomic E-state index is -0.153. The van der Waals surface area contributed by atoms with Crippen molar-refractivity contribution in [2.24, 2.45) is 4.99 Å². The molecule has 0 unspecified atom stereocenters. The van der Waals surface area contributed by atoms with Crippen molar-refractivity contribution < 1.29 is 9.53 Å². The van der Waals surface area contributed by atoms with E-state index in [0.29, 0.717) is 13.0 Å². The molecule has 25 heavy (non-hydrogen) atoms. The number of esters is 1. The third kappa shape index (κ3) is 9.67. The molecule has 0 fully saturated rings. The van der Waals surface area contributed by atoms with Crippen LogP contribution in [-0.4, -0.2) is 38.7 Å². The van der Waals surface area contributed by atoms with Crippen LogP contribution in [0.1, 0.15) is 45.6 Å². The number of rotatable bonds is 9. The van der Waals surface area contributed by atoms with Crippen LogP contribution in [0.4, 0.5) is 0 Å². The molecule has 0 aliphatic carbocycles. The number of methoxy groups -OCH3 is 1. The van der Waals surface area contributed by atoms with Crippen LogP contribution in [0.5, 0.6) is 0 Å². The predicted molar refractivity (Wildman–Crippen MR) is 115 cm³/mol. The van der Waals surface area contributed by atoms with Crippen molar-refractivity contribution in [3.63, 3.8) is 0 Å². The smallest absolute Gasteiger partial charge is 0.305 e. The molecule has 0 bridgehead atoms. The molecular weight excluding hydrogens is 429 g/mol. The van der Waals surface area contributed by atoms with Gasteiger partial charge in [0.05, 0.1) is 13.7 Å². The Morgan fingerprint density at radius 2 is 1.84 bits per heavy atom. The number of hydrogen-bond donors (Lipinski definition) is 2.